The van der Waals surface area contributed by atoms with Crippen molar-refractivity contribution in [3.63, 3.8) is 0 Å². The molecule has 0 spiro atoms. The van der Waals surface area contributed by atoms with Crippen molar-refractivity contribution in [1.29, 1.82) is 0 Å². The molecule has 152 valence electrons. The highest BCUT2D eigenvalue weighted by Crippen LogP contribution is 2.25. The van der Waals surface area contributed by atoms with Gasteiger partial charge in [-0.2, -0.15) is 4.68 Å². The molecule has 7 nitrogen and oxygen atoms in total. The molecule has 8 heteroatoms. The summed E-state index contributed by atoms with van der Waals surface area (Å²) in [5.74, 6) is 0.795. The lowest BCUT2D eigenvalue weighted by Crippen LogP contribution is -2.25. The number of hydrogen-bond acceptors (Lipinski definition) is 6. The van der Waals surface area contributed by atoms with E-state index in [1.54, 1.807) is 16.5 Å². The summed E-state index contributed by atoms with van der Waals surface area (Å²) in [6, 6.07) is 16.3. The molecule has 1 fully saturated rings. The second-order valence-electron chi connectivity index (χ2n) is 7.35. The van der Waals surface area contributed by atoms with Crippen molar-refractivity contribution in [2.45, 2.75) is 26.1 Å². The number of benzene rings is 2. The predicted molar refractivity (Wildman–Crippen MR) is 116 cm³/mol. The third kappa shape index (κ3) is 4.33. The molecule has 2 heterocycles. The maximum Gasteiger partial charge on any atom is 0.221 e. The quantitative estimate of drug-likeness (QED) is 0.556. The normalized spacial score (nSPS) is 14.0. The van der Waals surface area contributed by atoms with Crippen LogP contribution in [0, 0.1) is 4.77 Å². The molecule has 0 saturated carbocycles. The van der Waals surface area contributed by atoms with Crippen LogP contribution in [-0.4, -0.2) is 51.9 Å². The molecule has 0 amide bonds. The van der Waals surface area contributed by atoms with Crippen LogP contribution < -0.4 is 9.64 Å². The monoisotopic (exact) mass is 410 g/mol. The van der Waals surface area contributed by atoms with Crippen LogP contribution in [-0.2, 0) is 13.2 Å². The number of aromatic nitrogens is 4. The lowest BCUT2D eigenvalue weighted by Gasteiger charge is -2.24. The smallest absolute Gasteiger partial charge is 0.221 e. The summed E-state index contributed by atoms with van der Waals surface area (Å²) in [6.07, 6.45) is 2.54. The van der Waals surface area contributed by atoms with Crippen LogP contribution >= 0.6 is 12.2 Å². The Morgan fingerprint density at radius 1 is 1.03 bits per heavy atom. The van der Waals surface area contributed by atoms with Gasteiger partial charge in [-0.05, 0) is 78.4 Å². The van der Waals surface area contributed by atoms with Crippen molar-refractivity contribution >= 4 is 17.9 Å². The van der Waals surface area contributed by atoms with Crippen LogP contribution in [0.2, 0.25) is 0 Å². The lowest BCUT2D eigenvalue weighted by molar-refractivity contribution is 0.242. The average molecular weight is 411 g/mol. The second-order valence-corrected chi connectivity index (χ2v) is 7.71. The third-order valence-corrected chi connectivity index (χ3v) is 5.59. The molecule has 0 unspecified atom stereocenters. The number of ether oxygens (including phenoxy) is 1. The minimum absolute atomic E-state index is 0.565. The van der Waals surface area contributed by atoms with E-state index in [1.807, 2.05) is 24.3 Å². The summed E-state index contributed by atoms with van der Waals surface area (Å²) in [5, 5.41) is 8.49. The van der Waals surface area contributed by atoms with E-state index in [-0.39, 0.29) is 0 Å². The fourth-order valence-corrected chi connectivity index (χ4v) is 3.97. The first kappa shape index (κ1) is 19.6. The SMILES string of the molecule is COc1ccc(-n2nnn(CN(C)Cc3ccccc3N3CCCC3)c2=S)cc1. The van der Waals surface area contributed by atoms with Crippen LogP contribution in [0.1, 0.15) is 18.4 Å². The fourth-order valence-electron chi connectivity index (χ4n) is 3.73. The van der Waals surface area contributed by atoms with E-state index in [1.165, 1.54) is 24.1 Å². The maximum atomic E-state index is 5.60. The summed E-state index contributed by atoms with van der Waals surface area (Å²) in [7, 11) is 3.73. The zero-order valence-electron chi connectivity index (χ0n) is 16.9. The zero-order chi connectivity index (χ0) is 20.2. The first-order chi connectivity index (χ1) is 14.2. The largest absolute Gasteiger partial charge is 0.497 e. The van der Waals surface area contributed by atoms with Crippen LogP contribution in [0.3, 0.4) is 0 Å². The van der Waals surface area contributed by atoms with Crippen molar-refractivity contribution in [3.05, 3.63) is 58.9 Å². The fraction of sp³-hybridized carbons (Fsp3) is 0.381. The van der Waals surface area contributed by atoms with Crippen molar-refractivity contribution in [1.82, 2.24) is 24.7 Å². The zero-order valence-corrected chi connectivity index (χ0v) is 17.7. The van der Waals surface area contributed by atoms with Gasteiger partial charge in [-0.1, -0.05) is 18.2 Å². The Kier molecular flexibility index (Phi) is 5.92. The molecule has 2 aromatic carbocycles. The first-order valence-corrected chi connectivity index (χ1v) is 10.2. The van der Waals surface area contributed by atoms with Gasteiger partial charge in [0.05, 0.1) is 19.5 Å². The van der Waals surface area contributed by atoms with E-state index in [2.05, 4.69) is 51.5 Å². The summed E-state index contributed by atoms with van der Waals surface area (Å²) in [4.78, 5) is 4.69. The van der Waals surface area contributed by atoms with Gasteiger partial charge < -0.3 is 9.64 Å². The van der Waals surface area contributed by atoms with E-state index in [9.17, 15) is 0 Å². The molecule has 1 aromatic heterocycles. The molecule has 0 N–H and O–H groups in total. The standard InChI is InChI=1S/C21H26N6OS/c1-24(15-17-7-3-4-8-20(17)25-13-5-6-14-25)16-26-21(29)27(23-22-26)18-9-11-19(28-2)12-10-18/h3-4,7-12H,5-6,13-16H2,1-2H3. The van der Waals surface area contributed by atoms with Gasteiger partial charge in [-0.25, -0.2) is 4.68 Å². The highest BCUT2D eigenvalue weighted by atomic mass is 32.1. The Balaban J connectivity index is 1.47. The number of nitrogens with zero attached hydrogens (tertiary/aromatic N) is 6. The molecular formula is C21H26N6OS. The van der Waals surface area contributed by atoms with Crippen molar-refractivity contribution in [2.75, 3.05) is 32.1 Å². The number of tetrazole rings is 1. The van der Waals surface area contributed by atoms with Gasteiger partial charge >= 0.3 is 0 Å². The van der Waals surface area contributed by atoms with Crippen LogP contribution in [0.15, 0.2) is 48.5 Å². The van der Waals surface area contributed by atoms with Gasteiger partial charge in [0.1, 0.15) is 5.75 Å². The van der Waals surface area contributed by atoms with Crippen molar-refractivity contribution < 1.29 is 4.74 Å². The Morgan fingerprint density at radius 3 is 2.48 bits per heavy atom. The number of hydrogen-bond donors (Lipinski definition) is 0. The molecule has 0 radical (unpaired) electrons. The summed E-state index contributed by atoms with van der Waals surface area (Å²) >= 11 is 5.60. The van der Waals surface area contributed by atoms with Gasteiger partial charge in [-0.3, -0.25) is 4.90 Å². The topological polar surface area (TPSA) is 51.4 Å². The molecule has 0 aliphatic carbocycles. The summed E-state index contributed by atoms with van der Waals surface area (Å²) in [5.41, 5.74) is 3.53. The molecule has 1 saturated heterocycles. The highest BCUT2D eigenvalue weighted by molar-refractivity contribution is 7.71. The minimum Gasteiger partial charge on any atom is -0.497 e. The van der Waals surface area contributed by atoms with Gasteiger partial charge in [-0.15, -0.1) is 0 Å². The van der Waals surface area contributed by atoms with E-state index >= 15 is 0 Å². The molecule has 3 aromatic rings. The number of rotatable bonds is 7. The second kappa shape index (κ2) is 8.75. The minimum atomic E-state index is 0.565. The van der Waals surface area contributed by atoms with Gasteiger partial charge in [0.2, 0.25) is 4.77 Å². The molecular weight excluding hydrogens is 384 g/mol. The van der Waals surface area contributed by atoms with E-state index < -0.39 is 0 Å². The third-order valence-electron chi connectivity index (χ3n) is 5.21. The molecule has 29 heavy (non-hydrogen) atoms. The van der Waals surface area contributed by atoms with E-state index in [0.29, 0.717) is 11.4 Å². The molecule has 0 atom stereocenters. The lowest BCUT2D eigenvalue weighted by atomic mass is 10.1. The Hall–Kier alpha value is -2.71. The first-order valence-electron chi connectivity index (χ1n) is 9.84. The number of anilines is 1. The van der Waals surface area contributed by atoms with Crippen molar-refractivity contribution in [3.8, 4) is 11.4 Å². The molecule has 0 bridgehead atoms. The van der Waals surface area contributed by atoms with Gasteiger partial charge in [0.25, 0.3) is 0 Å². The Labute approximate surface area is 176 Å². The highest BCUT2D eigenvalue weighted by Gasteiger charge is 2.16. The summed E-state index contributed by atoms with van der Waals surface area (Å²) in [6.45, 7) is 3.68. The Bertz CT molecular complexity index is 1010. The van der Waals surface area contributed by atoms with Crippen molar-refractivity contribution in [2.24, 2.45) is 0 Å². The van der Waals surface area contributed by atoms with E-state index in [0.717, 1.165) is 31.1 Å². The number of methoxy groups -OCH3 is 1. The van der Waals surface area contributed by atoms with Gasteiger partial charge in [0.15, 0.2) is 0 Å². The predicted octanol–water partition coefficient (Wildman–Crippen LogP) is 3.50. The van der Waals surface area contributed by atoms with Crippen LogP contribution in [0.4, 0.5) is 5.69 Å². The summed E-state index contributed by atoms with van der Waals surface area (Å²) < 4.78 is 9.19. The Morgan fingerprint density at radius 2 is 1.76 bits per heavy atom. The van der Waals surface area contributed by atoms with E-state index in [4.69, 9.17) is 17.0 Å². The number of para-hydroxylation sites is 1. The molecule has 4 rings (SSSR count). The van der Waals surface area contributed by atoms with Crippen LogP contribution in [0.25, 0.3) is 5.69 Å². The maximum absolute atomic E-state index is 5.60. The molecule has 1 aliphatic rings. The van der Waals surface area contributed by atoms with Crippen LogP contribution in [0.5, 0.6) is 5.75 Å². The van der Waals surface area contributed by atoms with Gasteiger partial charge in [0, 0.05) is 25.3 Å². The average Bonchev–Trinajstić information content (AvgIpc) is 3.39. The molecule has 1 aliphatic heterocycles.